The predicted octanol–water partition coefficient (Wildman–Crippen LogP) is 5.45. The first kappa shape index (κ1) is 25.5. The monoisotopic (exact) mass is 561 g/mol. The Morgan fingerprint density at radius 3 is 2.29 bits per heavy atom. The fraction of sp³-hybridized carbons (Fsp3) is 0.394. The van der Waals surface area contributed by atoms with Crippen molar-refractivity contribution in [2.75, 3.05) is 30.3 Å². The maximum absolute atomic E-state index is 13.9. The predicted molar refractivity (Wildman–Crippen MR) is 167 cm³/mol. The van der Waals surface area contributed by atoms with Crippen LogP contribution in [0.1, 0.15) is 67.9 Å². The second-order valence-corrected chi connectivity index (χ2v) is 12.1. The Morgan fingerprint density at radius 2 is 1.43 bits per heavy atom. The summed E-state index contributed by atoms with van der Waals surface area (Å²) >= 11 is 0. The summed E-state index contributed by atoms with van der Waals surface area (Å²) in [6.45, 7) is 2.03. The number of anilines is 2. The summed E-state index contributed by atoms with van der Waals surface area (Å²) in [6.07, 6.45) is 7.74. The van der Waals surface area contributed by atoms with Crippen molar-refractivity contribution in [1.82, 2.24) is 15.3 Å². The number of carbonyl (C=O) groups is 2. The first-order chi connectivity index (χ1) is 20.6. The number of H-pyrrole nitrogens is 2. The van der Waals surface area contributed by atoms with E-state index in [0.29, 0.717) is 11.8 Å². The van der Waals surface area contributed by atoms with Gasteiger partial charge in [0, 0.05) is 33.6 Å². The van der Waals surface area contributed by atoms with E-state index in [-0.39, 0.29) is 18.4 Å². The molecule has 1 saturated carbocycles. The highest BCUT2D eigenvalue weighted by Gasteiger charge is 2.34. The number of para-hydroxylation sites is 1. The smallest absolute Gasteiger partial charge is 0.253 e. The molecule has 3 aliphatic heterocycles. The molecule has 8 rings (SSSR count). The van der Waals surface area contributed by atoms with Gasteiger partial charge in [-0.3, -0.25) is 19.6 Å². The van der Waals surface area contributed by atoms with Gasteiger partial charge in [0.05, 0.1) is 34.2 Å². The van der Waals surface area contributed by atoms with E-state index in [1.807, 2.05) is 30.3 Å². The van der Waals surface area contributed by atoms with Gasteiger partial charge in [-0.25, -0.2) is 0 Å². The standard InChI is InChI=1S/C33H35N7O2/c41-25-17-35-26(19-12-14-34-15-13-19)31-29(38-25)22-11-10-20(16-24(22)37-31)28-33(42)40-30-21-8-4-5-9-23(21)36-32(30)27(39-28)18-6-2-1-3-7-18/h4-5,8-11,16,18-19,28,34,36-37H,1-3,6-7,12-15,17H2,(H,38,41)(H,40,42). The number of aromatic nitrogens is 2. The Kier molecular flexibility index (Phi) is 6.21. The van der Waals surface area contributed by atoms with Crippen LogP contribution >= 0.6 is 0 Å². The molecule has 214 valence electrons. The van der Waals surface area contributed by atoms with E-state index in [4.69, 9.17) is 9.98 Å². The molecule has 2 aromatic heterocycles. The van der Waals surface area contributed by atoms with Crippen LogP contribution in [0.3, 0.4) is 0 Å². The lowest BCUT2D eigenvalue weighted by Crippen LogP contribution is -2.32. The Labute approximate surface area is 243 Å². The lowest BCUT2D eigenvalue weighted by molar-refractivity contribution is -0.117. The third-order valence-corrected chi connectivity index (χ3v) is 9.50. The zero-order valence-electron chi connectivity index (χ0n) is 23.6. The molecule has 42 heavy (non-hydrogen) atoms. The molecule has 0 spiro atoms. The molecule has 1 aliphatic carbocycles. The van der Waals surface area contributed by atoms with Crippen LogP contribution in [0.2, 0.25) is 0 Å². The number of piperidine rings is 1. The van der Waals surface area contributed by atoms with Crippen LogP contribution in [0.4, 0.5) is 11.4 Å². The Morgan fingerprint density at radius 1 is 0.714 bits per heavy atom. The van der Waals surface area contributed by atoms with Crippen molar-refractivity contribution in [2.24, 2.45) is 21.8 Å². The second-order valence-electron chi connectivity index (χ2n) is 12.1. The van der Waals surface area contributed by atoms with Crippen molar-refractivity contribution in [1.29, 1.82) is 0 Å². The number of hydrogen-bond acceptors (Lipinski definition) is 5. The highest BCUT2D eigenvalue weighted by Crippen LogP contribution is 2.40. The van der Waals surface area contributed by atoms with Gasteiger partial charge in [0.2, 0.25) is 5.91 Å². The minimum absolute atomic E-state index is 0.108. The molecular weight excluding hydrogens is 526 g/mol. The average molecular weight is 562 g/mol. The number of nitrogens with one attached hydrogen (secondary N) is 5. The third-order valence-electron chi connectivity index (χ3n) is 9.50. The Balaban J connectivity index is 1.23. The molecule has 0 bridgehead atoms. The van der Waals surface area contributed by atoms with Gasteiger partial charge in [0.25, 0.3) is 5.91 Å². The first-order valence-electron chi connectivity index (χ1n) is 15.3. The molecule has 1 atom stereocenters. The van der Waals surface area contributed by atoms with Gasteiger partial charge in [-0.15, -0.1) is 0 Å². The van der Waals surface area contributed by atoms with Gasteiger partial charge >= 0.3 is 0 Å². The fourth-order valence-corrected chi connectivity index (χ4v) is 7.38. The number of rotatable bonds is 3. The largest absolute Gasteiger partial charge is 0.352 e. The normalized spacial score (nSPS) is 22.0. The maximum atomic E-state index is 13.9. The summed E-state index contributed by atoms with van der Waals surface area (Å²) in [4.78, 5) is 43.8. The SMILES string of the molecule is O=C1CN=C(C2CCNCC2)c2[nH]c3cc(C4N=C(C5CCCCC5)c5[nH]c6ccccc6c5NC4=O)ccc3c2N1. The Bertz CT molecular complexity index is 1780. The molecule has 2 amide bonds. The third kappa shape index (κ3) is 4.26. The number of aromatic amines is 2. The van der Waals surface area contributed by atoms with E-state index < -0.39 is 6.04 Å². The lowest BCUT2D eigenvalue weighted by atomic mass is 9.84. The summed E-state index contributed by atoms with van der Waals surface area (Å²) < 4.78 is 0. The van der Waals surface area contributed by atoms with Crippen LogP contribution < -0.4 is 16.0 Å². The summed E-state index contributed by atoms with van der Waals surface area (Å²) in [5.41, 5.74) is 8.12. The van der Waals surface area contributed by atoms with Gasteiger partial charge in [-0.1, -0.05) is 49.6 Å². The van der Waals surface area contributed by atoms with Gasteiger partial charge in [0.15, 0.2) is 6.04 Å². The molecular formula is C33H35N7O2. The van der Waals surface area contributed by atoms with Crippen molar-refractivity contribution in [3.05, 3.63) is 59.4 Å². The summed E-state index contributed by atoms with van der Waals surface area (Å²) in [5.74, 6) is 0.363. The van der Waals surface area contributed by atoms with Crippen LogP contribution in [-0.2, 0) is 9.59 Å². The van der Waals surface area contributed by atoms with Gasteiger partial charge in [0.1, 0.15) is 6.54 Å². The summed E-state index contributed by atoms with van der Waals surface area (Å²) in [6, 6.07) is 13.5. The quantitative estimate of drug-likeness (QED) is 0.228. The molecule has 9 nitrogen and oxygen atoms in total. The van der Waals surface area contributed by atoms with Gasteiger partial charge in [-0.05, 0) is 56.5 Å². The molecule has 4 aliphatic rings. The average Bonchev–Trinajstić information content (AvgIpc) is 3.45. The van der Waals surface area contributed by atoms with Crippen molar-refractivity contribution >= 4 is 56.4 Å². The lowest BCUT2D eigenvalue weighted by Gasteiger charge is -2.23. The first-order valence-corrected chi connectivity index (χ1v) is 15.3. The van der Waals surface area contributed by atoms with Crippen molar-refractivity contribution in [2.45, 2.75) is 51.0 Å². The highest BCUT2D eigenvalue weighted by molar-refractivity contribution is 6.19. The molecule has 4 aromatic rings. The molecule has 2 aromatic carbocycles. The maximum Gasteiger partial charge on any atom is 0.253 e. The van der Waals surface area contributed by atoms with Crippen molar-refractivity contribution in [3.63, 3.8) is 0 Å². The summed E-state index contributed by atoms with van der Waals surface area (Å²) in [7, 11) is 0. The van der Waals surface area contributed by atoms with E-state index in [1.165, 1.54) is 19.3 Å². The molecule has 1 saturated heterocycles. The summed E-state index contributed by atoms with van der Waals surface area (Å²) in [5, 5.41) is 11.7. The number of amides is 2. The molecule has 5 heterocycles. The van der Waals surface area contributed by atoms with Crippen LogP contribution in [-0.4, -0.2) is 52.8 Å². The van der Waals surface area contributed by atoms with Crippen LogP contribution in [0.5, 0.6) is 0 Å². The second kappa shape index (κ2) is 10.2. The number of fused-ring (bicyclic) bond motifs is 6. The van der Waals surface area contributed by atoms with Gasteiger partial charge < -0.3 is 25.9 Å². The molecule has 5 N–H and O–H groups in total. The van der Waals surface area contributed by atoms with Gasteiger partial charge in [-0.2, -0.15) is 0 Å². The van der Waals surface area contributed by atoms with E-state index in [2.05, 4.69) is 38.1 Å². The fourth-order valence-electron chi connectivity index (χ4n) is 7.38. The van der Waals surface area contributed by atoms with Crippen molar-refractivity contribution < 1.29 is 9.59 Å². The van der Waals surface area contributed by atoms with E-state index in [1.54, 1.807) is 0 Å². The number of hydrogen-bond donors (Lipinski definition) is 5. The molecule has 9 heteroatoms. The zero-order valence-corrected chi connectivity index (χ0v) is 23.6. The topological polar surface area (TPSA) is 127 Å². The van der Waals surface area contributed by atoms with Crippen LogP contribution in [0.15, 0.2) is 52.4 Å². The number of aliphatic imine (C=N–C) groups is 2. The Hall–Kier alpha value is -4.24. The number of carbonyl (C=O) groups excluding carboxylic acids is 2. The zero-order chi connectivity index (χ0) is 28.2. The van der Waals surface area contributed by atoms with E-state index in [0.717, 1.165) is 100 Å². The number of nitrogens with zero attached hydrogens (tertiary/aromatic N) is 2. The van der Waals surface area contributed by atoms with Crippen LogP contribution in [0, 0.1) is 11.8 Å². The molecule has 2 fully saturated rings. The van der Waals surface area contributed by atoms with E-state index in [9.17, 15) is 9.59 Å². The van der Waals surface area contributed by atoms with E-state index >= 15 is 0 Å². The molecule has 0 radical (unpaired) electrons. The highest BCUT2D eigenvalue weighted by atomic mass is 16.2. The van der Waals surface area contributed by atoms with Crippen LogP contribution in [0.25, 0.3) is 21.8 Å². The minimum atomic E-state index is -0.679. The number of benzene rings is 2. The van der Waals surface area contributed by atoms with Crippen molar-refractivity contribution in [3.8, 4) is 0 Å². The molecule has 1 unspecified atom stereocenters. The minimum Gasteiger partial charge on any atom is -0.352 e.